The van der Waals surface area contributed by atoms with Crippen LogP contribution < -0.4 is 0 Å². The Morgan fingerprint density at radius 3 is 2.62 bits per heavy atom. The second-order valence-electron chi connectivity index (χ2n) is 4.35. The molecule has 1 unspecified atom stereocenters. The summed E-state index contributed by atoms with van der Waals surface area (Å²) in [6.45, 7) is -11.7. The van der Waals surface area contributed by atoms with Gasteiger partial charge in [0.2, 0.25) is 0 Å². The summed E-state index contributed by atoms with van der Waals surface area (Å²) in [5.41, 5.74) is -6.86. The third kappa shape index (κ3) is 5.09. The summed E-state index contributed by atoms with van der Waals surface area (Å²) in [5, 5.41) is 12.2. The van der Waals surface area contributed by atoms with Crippen LogP contribution in [0.1, 0.15) is 84.2 Å². The van der Waals surface area contributed by atoms with E-state index in [1.54, 1.807) is 0 Å². The molecule has 1 saturated carbocycles. The van der Waals surface area contributed by atoms with Crippen LogP contribution >= 0.6 is 0 Å². The highest BCUT2D eigenvalue weighted by Gasteiger charge is 2.46. The average Bonchev–Trinajstić information content (AvgIpc) is 2.90. The zero-order valence-electron chi connectivity index (χ0n) is 37.7. The van der Waals surface area contributed by atoms with E-state index < -0.39 is 111 Å². The molecule has 0 amide bonds. The summed E-state index contributed by atoms with van der Waals surface area (Å²) in [6.07, 6.45) is -22.4. The highest BCUT2D eigenvalue weighted by molar-refractivity contribution is 5.81. The lowest BCUT2D eigenvalue weighted by molar-refractivity contribution is -0.174. The van der Waals surface area contributed by atoms with Gasteiger partial charge in [0.1, 0.15) is 0 Å². The van der Waals surface area contributed by atoms with Gasteiger partial charge in [-0.25, -0.2) is 4.79 Å². The van der Waals surface area contributed by atoms with Gasteiger partial charge in [-0.2, -0.15) is 0 Å². The highest BCUT2D eigenvalue weighted by atomic mass is 16.5. The molecule has 1 aromatic carbocycles. The van der Waals surface area contributed by atoms with Crippen molar-refractivity contribution in [3.05, 3.63) is 35.8 Å². The number of hydrogen-bond donors (Lipinski definition) is 1. The molecule has 1 aliphatic rings. The Labute approximate surface area is 191 Å². The van der Waals surface area contributed by atoms with E-state index in [4.69, 9.17) is 32.9 Å². The van der Waals surface area contributed by atoms with Crippen LogP contribution in [0, 0.1) is 17.7 Å². The number of hydrogen-bond acceptors (Lipinski definition) is 4. The molecule has 4 nitrogen and oxygen atoms in total. The minimum atomic E-state index is -4.91. The molecular formula is C22H31NO3. The van der Waals surface area contributed by atoms with Crippen LogP contribution in [0.4, 0.5) is 0 Å². The molecule has 1 N–H and O–H groups in total. The van der Waals surface area contributed by atoms with Gasteiger partial charge in [-0.15, -0.1) is 0 Å². The van der Waals surface area contributed by atoms with Crippen molar-refractivity contribution in [1.82, 2.24) is 4.90 Å². The molecule has 1 aliphatic carbocycles. The first-order chi connectivity index (χ1) is 21.6. The van der Waals surface area contributed by atoms with Crippen LogP contribution in [0.25, 0.3) is 0 Å². The number of esters is 1. The summed E-state index contributed by atoms with van der Waals surface area (Å²) in [4.78, 5) is 13.9. The Hall–Kier alpha value is -1.83. The van der Waals surface area contributed by atoms with Crippen molar-refractivity contribution < 1.29 is 47.5 Å². The normalized spacial score (nSPS) is 43.8. The maximum Gasteiger partial charge on any atom is 0.344 e. The predicted molar refractivity (Wildman–Crippen MR) is 103 cm³/mol. The van der Waals surface area contributed by atoms with Crippen molar-refractivity contribution in [1.29, 1.82) is 0 Å². The summed E-state index contributed by atoms with van der Waals surface area (Å²) < 4.78 is 200. The Kier molecular flexibility index (Phi) is 2.14. The van der Waals surface area contributed by atoms with Gasteiger partial charge in [0.25, 0.3) is 0 Å². The van der Waals surface area contributed by atoms with E-state index in [2.05, 4.69) is 4.74 Å². The molecule has 142 valence electrons. The number of nitrogens with zero attached hydrogens (tertiary/aromatic N) is 1. The fraction of sp³-hybridized carbons (Fsp3) is 0.591. The SMILES string of the molecule is [2H]c1c([2H])c([2H])c(C(O)(C(=O)OC([2H])([2H])C#CC([2H])([2H])N(C([2H])([2H])C)C([2H])([2H])C)C2([2H])C([2H])([2H])C([2H])([2H])C([2H])([2H])C([2H])([2H])C2([2H])[2H])c([2H])c1[2H]. The van der Waals surface area contributed by atoms with Gasteiger partial charge in [0, 0.05) is 26.5 Å². The molecule has 0 bridgehead atoms. The summed E-state index contributed by atoms with van der Waals surface area (Å²) in [5.74, 6) is -4.92. The zero-order chi connectivity index (χ0) is 40.2. The Balaban J connectivity index is 3.14. The number of aliphatic hydroxyl groups is 1. The molecule has 0 aromatic heterocycles. The van der Waals surface area contributed by atoms with Crippen molar-refractivity contribution in [3.63, 3.8) is 0 Å². The van der Waals surface area contributed by atoms with E-state index in [-0.39, 0.29) is 4.90 Å². The van der Waals surface area contributed by atoms with Gasteiger partial charge >= 0.3 is 5.97 Å². The molecule has 0 spiro atoms. The van der Waals surface area contributed by atoms with Crippen molar-refractivity contribution in [2.45, 2.75) is 51.3 Å². The molecule has 2 rings (SSSR count). The van der Waals surface area contributed by atoms with Crippen LogP contribution in [-0.2, 0) is 15.1 Å². The first-order valence-corrected chi connectivity index (χ1v) is 7.01. The molecule has 0 heterocycles. The summed E-state index contributed by atoms with van der Waals surface area (Å²) in [6, 6.07) is -7.51. The largest absolute Gasteiger partial charge is 0.450 e. The Morgan fingerprint density at radius 2 is 2.00 bits per heavy atom. The van der Waals surface area contributed by atoms with Crippen LogP contribution in [0.2, 0.25) is 0 Å². The standard InChI is InChI=1S/C22H31NO3/c1-3-23(4-2)17-11-12-18-26-21(24)22(25,19-13-7-5-8-14-19)20-15-9-6-10-16-20/h5,7-8,13-14,20,25H,3-4,6,9-10,15-18H2,1-2H3/i3D2,4D2,5D,6D2,7D,8D,9D2,10D2,13D,14D,15D2,16D2,17D2,18D2,20D. The van der Waals surface area contributed by atoms with E-state index in [0.29, 0.717) is 13.8 Å². The number of rotatable bonds is 7. The zero-order valence-corrected chi connectivity index (χ0v) is 13.7. The predicted octanol–water partition coefficient (Wildman–Crippen LogP) is 3.34. The van der Waals surface area contributed by atoms with Gasteiger partial charge in [-0.3, -0.25) is 4.90 Å². The van der Waals surface area contributed by atoms with E-state index >= 15 is 0 Å². The van der Waals surface area contributed by atoms with Crippen LogP contribution in [0.15, 0.2) is 30.2 Å². The smallest absolute Gasteiger partial charge is 0.344 e. The lowest BCUT2D eigenvalue weighted by Gasteiger charge is -2.36. The van der Waals surface area contributed by atoms with Gasteiger partial charge < -0.3 is 9.84 Å². The van der Waals surface area contributed by atoms with Crippen LogP contribution in [0.5, 0.6) is 0 Å². The fourth-order valence-corrected chi connectivity index (χ4v) is 1.67. The van der Waals surface area contributed by atoms with Crippen molar-refractivity contribution >= 4 is 5.97 Å². The minimum Gasteiger partial charge on any atom is -0.450 e. The molecule has 4 heteroatoms. The third-order valence-corrected chi connectivity index (χ3v) is 2.89. The maximum atomic E-state index is 14.0. The van der Waals surface area contributed by atoms with Crippen LogP contribution in [0.3, 0.4) is 0 Å². The lowest BCUT2D eigenvalue weighted by Crippen LogP contribution is -2.45. The monoisotopic (exact) mass is 381 g/mol. The fourth-order valence-electron chi connectivity index (χ4n) is 1.67. The minimum absolute atomic E-state index is 0.108. The molecule has 26 heavy (non-hydrogen) atoms. The first kappa shape index (κ1) is 5.37. The molecule has 1 fully saturated rings. The lowest BCUT2D eigenvalue weighted by atomic mass is 9.73. The highest BCUT2D eigenvalue weighted by Crippen LogP contribution is 2.40. The van der Waals surface area contributed by atoms with E-state index in [9.17, 15) is 9.90 Å². The second kappa shape index (κ2) is 10.4. The van der Waals surface area contributed by atoms with Gasteiger partial charge in [-0.05, 0) is 31.3 Å². The number of benzene rings is 1. The van der Waals surface area contributed by atoms with Crippen LogP contribution in [-0.4, -0.2) is 42.0 Å². The van der Waals surface area contributed by atoms with Gasteiger partial charge in [-0.1, -0.05) is 75.0 Å². The topological polar surface area (TPSA) is 49.8 Å². The van der Waals surface area contributed by atoms with E-state index in [0.717, 1.165) is 0 Å². The molecular weight excluding hydrogens is 326 g/mol. The summed E-state index contributed by atoms with van der Waals surface area (Å²) >= 11 is 0. The molecule has 0 radical (unpaired) electrons. The van der Waals surface area contributed by atoms with E-state index in [1.165, 1.54) is 11.8 Å². The maximum absolute atomic E-state index is 14.0. The second-order valence-corrected chi connectivity index (χ2v) is 4.35. The molecule has 1 aromatic rings. The quantitative estimate of drug-likeness (QED) is 0.581. The number of carbonyl (C=O) groups is 1. The van der Waals surface area contributed by atoms with Crippen molar-refractivity contribution in [2.75, 3.05) is 26.0 Å². The molecule has 0 saturated heterocycles. The van der Waals surface area contributed by atoms with E-state index in [1.807, 2.05) is 0 Å². The Morgan fingerprint density at radius 1 is 1.35 bits per heavy atom. The molecule has 1 atom stereocenters. The molecule has 0 aliphatic heterocycles. The van der Waals surface area contributed by atoms with Gasteiger partial charge in [0.05, 0.1) is 18.8 Å². The Bertz CT molecular complexity index is 1540. The third-order valence-electron chi connectivity index (χ3n) is 2.89. The first-order valence-electron chi connectivity index (χ1n) is 19.0. The number of ether oxygens (including phenoxy) is 1. The van der Waals surface area contributed by atoms with Crippen molar-refractivity contribution in [2.24, 2.45) is 5.89 Å². The summed E-state index contributed by atoms with van der Waals surface area (Å²) in [7, 11) is 0. The van der Waals surface area contributed by atoms with Gasteiger partial charge in [0.15, 0.2) is 12.2 Å². The van der Waals surface area contributed by atoms with Crippen molar-refractivity contribution in [3.8, 4) is 11.8 Å². The average molecular weight is 382 g/mol. The number of carbonyl (C=O) groups excluding carboxylic acids is 1.